The van der Waals surface area contributed by atoms with Crippen molar-refractivity contribution in [2.24, 2.45) is 0 Å². The van der Waals surface area contributed by atoms with Gasteiger partial charge >= 0.3 is 12.2 Å². The molecule has 0 aromatic heterocycles. The Morgan fingerprint density at radius 3 is 1.83 bits per heavy atom. The number of aryl methyl sites for hydroxylation is 1. The zero-order valence-corrected chi connectivity index (χ0v) is 23.7. The molecule has 0 spiro atoms. The summed E-state index contributed by atoms with van der Waals surface area (Å²) in [6.45, 7) is 1.69. The van der Waals surface area contributed by atoms with Crippen LogP contribution in [-0.2, 0) is 18.6 Å². The molecule has 4 aromatic rings. The van der Waals surface area contributed by atoms with Gasteiger partial charge in [-0.05, 0) is 66.8 Å². The van der Waals surface area contributed by atoms with E-state index in [1.165, 1.54) is 18.2 Å². The van der Waals surface area contributed by atoms with Crippen molar-refractivity contribution in [2.75, 3.05) is 0 Å². The first kappa shape index (κ1) is 34.4. The number of allylic oxidation sites excluding steroid dienone is 1. The monoisotopic (exact) mass is 658 g/mol. The molecule has 1 N–H and O–H groups in total. The van der Waals surface area contributed by atoms with Crippen LogP contribution in [0.1, 0.15) is 53.7 Å². The van der Waals surface area contributed by atoms with Gasteiger partial charge in [-0.3, -0.25) is 0 Å². The first-order chi connectivity index (χ1) is 21.6. The highest BCUT2D eigenvalue weighted by Gasteiger charge is 2.39. The molecular weight excluding hydrogens is 634 g/mol. The third-order valence-electron chi connectivity index (χ3n) is 6.74. The number of aliphatic hydroxyl groups excluding tert-OH is 1. The number of benzene rings is 4. The van der Waals surface area contributed by atoms with Gasteiger partial charge in [-0.1, -0.05) is 31.2 Å². The standard InChI is InChI=1S/C33H24F10O3/c1-2-30(44)19-7-9-20(10-8-19)32(40,41)45-21-11-12-24(27(36)15-21)33(42,43)46-22-16-25(34)23(26(35)17-22)6-4-3-5-18-13-28(37)31(39)29(38)14-18/h4,6-17,30,44H,2-3,5H2,1H3/b6-4+. The molecule has 0 saturated carbocycles. The molecule has 3 nitrogen and oxygen atoms in total. The van der Waals surface area contributed by atoms with Crippen molar-refractivity contribution < 1.29 is 58.5 Å². The van der Waals surface area contributed by atoms with Gasteiger partial charge in [0.15, 0.2) is 17.5 Å². The Morgan fingerprint density at radius 1 is 0.696 bits per heavy atom. The van der Waals surface area contributed by atoms with Gasteiger partial charge in [-0.15, -0.1) is 0 Å². The summed E-state index contributed by atoms with van der Waals surface area (Å²) in [5.74, 6) is -10.7. The lowest BCUT2D eigenvalue weighted by atomic mass is 10.0. The van der Waals surface area contributed by atoms with Gasteiger partial charge in [0, 0.05) is 23.8 Å². The average Bonchev–Trinajstić information content (AvgIpc) is 2.98. The number of ether oxygens (including phenoxy) is 2. The van der Waals surface area contributed by atoms with E-state index in [9.17, 15) is 49.0 Å². The molecule has 1 unspecified atom stereocenters. The molecule has 0 heterocycles. The quantitative estimate of drug-likeness (QED) is 0.122. The molecule has 0 fully saturated rings. The van der Waals surface area contributed by atoms with Crippen LogP contribution in [0.25, 0.3) is 6.08 Å². The first-order valence-corrected chi connectivity index (χ1v) is 13.6. The van der Waals surface area contributed by atoms with Gasteiger partial charge in [0.1, 0.15) is 34.5 Å². The van der Waals surface area contributed by atoms with Crippen LogP contribution < -0.4 is 9.47 Å². The molecule has 4 rings (SSSR count). The van der Waals surface area contributed by atoms with E-state index in [1.807, 2.05) is 0 Å². The fourth-order valence-corrected chi connectivity index (χ4v) is 4.32. The largest absolute Gasteiger partial charge is 0.429 e. The molecule has 0 saturated heterocycles. The zero-order valence-electron chi connectivity index (χ0n) is 23.7. The molecule has 13 heteroatoms. The highest BCUT2D eigenvalue weighted by atomic mass is 19.3. The van der Waals surface area contributed by atoms with Crippen LogP contribution in [0.2, 0.25) is 0 Å². The SMILES string of the molecule is CCC(O)c1ccc(C(F)(F)Oc2ccc(C(F)(F)Oc3cc(F)c(/C=C/CCc4cc(F)c(F)c(F)c4)c(F)c3)c(F)c2)cc1. The molecule has 46 heavy (non-hydrogen) atoms. The Kier molecular flexibility index (Phi) is 10.3. The van der Waals surface area contributed by atoms with Crippen LogP contribution in [0.3, 0.4) is 0 Å². The summed E-state index contributed by atoms with van der Waals surface area (Å²) in [4.78, 5) is 0. The zero-order chi connectivity index (χ0) is 33.8. The van der Waals surface area contributed by atoms with Gasteiger partial charge in [-0.2, -0.15) is 17.6 Å². The van der Waals surface area contributed by atoms with Gasteiger partial charge in [0.25, 0.3) is 0 Å². The first-order valence-electron chi connectivity index (χ1n) is 13.6. The van der Waals surface area contributed by atoms with Gasteiger partial charge < -0.3 is 14.6 Å². The van der Waals surface area contributed by atoms with Gasteiger partial charge in [-0.25, -0.2) is 26.3 Å². The van der Waals surface area contributed by atoms with E-state index < -0.39 is 81.4 Å². The van der Waals surface area contributed by atoms with Crippen molar-refractivity contribution in [3.8, 4) is 11.5 Å². The molecule has 0 aliphatic heterocycles. The minimum atomic E-state index is -4.52. The number of rotatable bonds is 12. The second kappa shape index (κ2) is 13.9. The van der Waals surface area contributed by atoms with Gasteiger partial charge in [0.2, 0.25) is 0 Å². The Labute approximate surface area is 256 Å². The Morgan fingerprint density at radius 2 is 1.26 bits per heavy atom. The van der Waals surface area contributed by atoms with Crippen LogP contribution in [0.5, 0.6) is 11.5 Å². The summed E-state index contributed by atoms with van der Waals surface area (Å²) >= 11 is 0. The lowest BCUT2D eigenvalue weighted by Gasteiger charge is -2.21. The number of halogens is 10. The smallest absolute Gasteiger partial charge is 0.429 e. The molecule has 0 aliphatic rings. The van der Waals surface area contributed by atoms with Crippen molar-refractivity contribution in [1.82, 2.24) is 0 Å². The molecule has 244 valence electrons. The van der Waals surface area contributed by atoms with Crippen LogP contribution in [0, 0.1) is 34.9 Å². The Bertz CT molecular complexity index is 1680. The minimum absolute atomic E-state index is 0.0139. The third kappa shape index (κ3) is 8.00. The van der Waals surface area contributed by atoms with Crippen LogP contribution >= 0.6 is 0 Å². The number of hydrogen-bond donors (Lipinski definition) is 1. The van der Waals surface area contributed by atoms with Crippen molar-refractivity contribution in [1.29, 1.82) is 0 Å². The second-order valence-electron chi connectivity index (χ2n) is 10.0. The normalized spacial score (nSPS) is 12.9. The summed E-state index contributed by atoms with van der Waals surface area (Å²) < 4.78 is 151. The number of hydrogen-bond acceptors (Lipinski definition) is 3. The summed E-state index contributed by atoms with van der Waals surface area (Å²) in [7, 11) is 0. The van der Waals surface area contributed by atoms with Crippen molar-refractivity contribution >= 4 is 6.08 Å². The second-order valence-corrected chi connectivity index (χ2v) is 10.0. The van der Waals surface area contributed by atoms with Crippen LogP contribution in [0.4, 0.5) is 43.9 Å². The molecule has 0 bridgehead atoms. The predicted molar refractivity (Wildman–Crippen MR) is 147 cm³/mol. The third-order valence-corrected chi connectivity index (χ3v) is 6.74. The van der Waals surface area contributed by atoms with Crippen LogP contribution in [0.15, 0.2) is 72.8 Å². The predicted octanol–water partition coefficient (Wildman–Crippen LogP) is 9.87. The van der Waals surface area contributed by atoms with Crippen molar-refractivity contribution in [3.05, 3.63) is 136 Å². The number of aliphatic hydroxyl groups is 1. The van der Waals surface area contributed by atoms with Crippen molar-refractivity contribution in [2.45, 2.75) is 44.5 Å². The lowest BCUT2D eigenvalue weighted by molar-refractivity contribution is -0.188. The van der Waals surface area contributed by atoms with Crippen molar-refractivity contribution in [3.63, 3.8) is 0 Å². The molecule has 0 aliphatic carbocycles. The van der Waals surface area contributed by atoms with E-state index >= 15 is 0 Å². The molecule has 1 atom stereocenters. The molecule has 0 radical (unpaired) electrons. The molecular formula is C33H24F10O3. The van der Waals surface area contributed by atoms with E-state index in [1.54, 1.807) is 6.92 Å². The lowest BCUT2D eigenvalue weighted by Crippen LogP contribution is -2.25. The van der Waals surface area contributed by atoms with E-state index in [2.05, 4.69) is 9.47 Å². The topological polar surface area (TPSA) is 38.7 Å². The highest BCUT2D eigenvalue weighted by molar-refractivity contribution is 5.53. The fraction of sp³-hybridized carbons (Fsp3) is 0.212. The van der Waals surface area contributed by atoms with E-state index in [0.29, 0.717) is 36.2 Å². The maximum absolute atomic E-state index is 14.8. The van der Waals surface area contributed by atoms with E-state index in [4.69, 9.17) is 0 Å². The van der Waals surface area contributed by atoms with Gasteiger partial charge in [0.05, 0.1) is 11.7 Å². The number of alkyl halides is 4. The summed E-state index contributed by atoms with van der Waals surface area (Å²) in [5, 5.41) is 9.81. The maximum atomic E-state index is 14.8. The summed E-state index contributed by atoms with van der Waals surface area (Å²) in [6, 6.07) is 8.10. The Balaban J connectivity index is 1.43. The van der Waals surface area contributed by atoms with E-state index in [-0.39, 0.29) is 24.5 Å². The fourth-order valence-electron chi connectivity index (χ4n) is 4.32. The van der Waals surface area contributed by atoms with E-state index in [0.717, 1.165) is 30.3 Å². The maximum Gasteiger partial charge on any atom is 0.429 e. The average molecular weight is 659 g/mol. The van der Waals surface area contributed by atoms with Crippen LogP contribution in [-0.4, -0.2) is 5.11 Å². The highest BCUT2D eigenvalue weighted by Crippen LogP contribution is 2.38. The molecule has 0 amide bonds. The minimum Gasteiger partial charge on any atom is -0.429 e. The summed E-state index contributed by atoms with van der Waals surface area (Å²) in [5.41, 5.74) is -2.32. The molecule has 4 aromatic carbocycles. The Hall–Kier alpha value is -4.52. The summed E-state index contributed by atoms with van der Waals surface area (Å²) in [6.07, 6.45) is -6.89.